The quantitative estimate of drug-likeness (QED) is 0.761. The third-order valence-corrected chi connectivity index (χ3v) is 3.52. The summed E-state index contributed by atoms with van der Waals surface area (Å²) in [5, 5.41) is 22.3. The highest BCUT2D eigenvalue weighted by Crippen LogP contribution is 2.22. The van der Waals surface area contributed by atoms with Gasteiger partial charge in [-0.1, -0.05) is 32.0 Å². The number of para-hydroxylation sites is 1. The third kappa shape index (κ3) is 3.49. The van der Waals surface area contributed by atoms with Gasteiger partial charge < -0.3 is 15.5 Å². The van der Waals surface area contributed by atoms with Crippen molar-refractivity contribution >= 4 is 22.7 Å². The summed E-state index contributed by atoms with van der Waals surface area (Å²) in [6.45, 7) is 4.17. The molecule has 0 aliphatic heterocycles. The van der Waals surface area contributed by atoms with Crippen LogP contribution in [0.1, 0.15) is 30.6 Å². The van der Waals surface area contributed by atoms with Crippen molar-refractivity contribution in [2.75, 3.05) is 11.9 Å². The van der Waals surface area contributed by atoms with E-state index in [9.17, 15) is 9.90 Å². The van der Waals surface area contributed by atoms with E-state index >= 15 is 0 Å². The first-order valence-electron chi connectivity index (χ1n) is 7.03. The number of aliphatic hydroxyl groups excluding tert-OH is 1. The fourth-order valence-corrected chi connectivity index (χ4v) is 2.33. The zero-order valence-corrected chi connectivity index (χ0v) is 12.2. The number of nitrogens with one attached hydrogen (secondary N) is 1. The van der Waals surface area contributed by atoms with E-state index in [1.165, 1.54) is 0 Å². The van der Waals surface area contributed by atoms with Gasteiger partial charge in [-0.05, 0) is 24.5 Å². The van der Waals surface area contributed by atoms with Crippen molar-refractivity contribution in [3.8, 4) is 0 Å². The van der Waals surface area contributed by atoms with Gasteiger partial charge in [0.2, 0.25) is 0 Å². The summed E-state index contributed by atoms with van der Waals surface area (Å²) in [6.07, 6.45) is 0.592. The van der Waals surface area contributed by atoms with Crippen LogP contribution in [-0.4, -0.2) is 33.8 Å². The van der Waals surface area contributed by atoms with Gasteiger partial charge in [0.15, 0.2) is 0 Å². The molecule has 1 unspecified atom stereocenters. The average Bonchev–Trinajstić information content (AvgIpc) is 2.45. The molecule has 5 nitrogen and oxygen atoms in total. The van der Waals surface area contributed by atoms with Crippen LogP contribution in [0.25, 0.3) is 10.9 Å². The minimum absolute atomic E-state index is 0.0466. The number of nitrogens with zero attached hydrogens (tertiary/aromatic N) is 1. The fraction of sp³-hybridized carbons (Fsp3) is 0.375. The molecule has 0 saturated heterocycles. The number of carboxylic acids is 1. The Morgan fingerprint density at radius 2 is 2.05 bits per heavy atom. The molecular weight excluding hydrogens is 268 g/mol. The van der Waals surface area contributed by atoms with Gasteiger partial charge in [0.1, 0.15) is 5.82 Å². The Kier molecular flexibility index (Phi) is 4.75. The lowest BCUT2D eigenvalue weighted by Gasteiger charge is -2.22. The predicted octanol–water partition coefficient (Wildman–Crippen LogP) is 2.75. The van der Waals surface area contributed by atoms with Crippen LogP contribution in [0.5, 0.6) is 0 Å². The van der Waals surface area contributed by atoms with Gasteiger partial charge in [-0.2, -0.15) is 0 Å². The molecule has 1 aromatic heterocycles. The first-order chi connectivity index (χ1) is 10.0. The van der Waals surface area contributed by atoms with Crippen LogP contribution in [0.2, 0.25) is 0 Å². The molecule has 21 heavy (non-hydrogen) atoms. The Labute approximate surface area is 123 Å². The van der Waals surface area contributed by atoms with Crippen LogP contribution < -0.4 is 5.32 Å². The number of hydrogen-bond donors (Lipinski definition) is 3. The second-order valence-electron chi connectivity index (χ2n) is 5.38. The van der Waals surface area contributed by atoms with Crippen molar-refractivity contribution in [1.29, 1.82) is 0 Å². The maximum atomic E-state index is 11.4. The van der Waals surface area contributed by atoms with E-state index < -0.39 is 5.97 Å². The minimum atomic E-state index is -0.972. The number of pyridine rings is 1. The monoisotopic (exact) mass is 288 g/mol. The number of benzene rings is 1. The highest BCUT2D eigenvalue weighted by atomic mass is 16.4. The van der Waals surface area contributed by atoms with Crippen LogP contribution in [0.4, 0.5) is 5.82 Å². The van der Waals surface area contributed by atoms with Gasteiger partial charge in [-0.25, -0.2) is 9.78 Å². The molecule has 0 spiro atoms. The maximum absolute atomic E-state index is 11.4. The minimum Gasteiger partial charge on any atom is -0.478 e. The zero-order chi connectivity index (χ0) is 15.4. The highest BCUT2D eigenvalue weighted by molar-refractivity contribution is 6.03. The van der Waals surface area contributed by atoms with Crippen molar-refractivity contribution < 1.29 is 15.0 Å². The van der Waals surface area contributed by atoms with E-state index in [1.54, 1.807) is 24.3 Å². The molecule has 2 rings (SSSR count). The number of carbonyl (C=O) groups is 1. The molecule has 2 aromatic rings. The summed E-state index contributed by atoms with van der Waals surface area (Å²) in [6, 6.07) is 8.78. The second kappa shape index (κ2) is 6.54. The lowest BCUT2D eigenvalue weighted by Crippen LogP contribution is -2.27. The molecule has 0 bridgehead atoms. The topological polar surface area (TPSA) is 82.5 Å². The number of aromatic carboxylic acids is 1. The number of rotatable bonds is 6. The number of aromatic nitrogens is 1. The molecule has 1 heterocycles. The number of aliphatic hydroxyl groups is 1. The Hall–Kier alpha value is -2.14. The molecule has 1 atom stereocenters. The van der Waals surface area contributed by atoms with Gasteiger partial charge >= 0.3 is 5.97 Å². The molecule has 0 aliphatic rings. The van der Waals surface area contributed by atoms with E-state index in [1.807, 2.05) is 19.9 Å². The third-order valence-electron chi connectivity index (χ3n) is 3.52. The van der Waals surface area contributed by atoms with Crippen molar-refractivity contribution in [3.63, 3.8) is 0 Å². The van der Waals surface area contributed by atoms with Gasteiger partial charge in [-0.15, -0.1) is 0 Å². The summed E-state index contributed by atoms with van der Waals surface area (Å²) >= 11 is 0. The molecule has 3 N–H and O–H groups in total. The first kappa shape index (κ1) is 15.3. The van der Waals surface area contributed by atoms with Crippen LogP contribution in [0.3, 0.4) is 0 Å². The highest BCUT2D eigenvalue weighted by Gasteiger charge is 2.16. The standard InChI is InChI=1S/C16H20N2O3/c1-10(2)13(7-8-19)17-15-9-12(16(20)21)11-5-3-4-6-14(11)18-15/h3-6,9-10,13,19H,7-8H2,1-2H3,(H,17,18)(H,20,21). The van der Waals surface area contributed by atoms with Crippen molar-refractivity contribution in [2.24, 2.45) is 5.92 Å². The van der Waals surface area contributed by atoms with Gasteiger partial charge in [0.25, 0.3) is 0 Å². The summed E-state index contributed by atoms with van der Waals surface area (Å²) in [5.74, 6) is -0.142. The molecular formula is C16H20N2O3. The Balaban J connectivity index is 2.42. The first-order valence-corrected chi connectivity index (χ1v) is 7.03. The molecule has 0 amide bonds. The summed E-state index contributed by atoms with van der Waals surface area (Å²) in [7, 11) is 0. The SMILES string of the molecule is CC(C)C(CCO)Nc1cc(C(=O)O)c2ccccc2n1. The summed E-state index contributed by atoms with van der Waals surface area (Å²) in [5.41, 5.74) is 0.876. The van der Waals surface area contributed by atoms with E-state index in [2.05, 4.69) is 10.3 Å². The Morgan fingerprint density at radius 1 is 1.33 bits per heavy atom. The average molecular weight is 288 g/mol. The summed E-state index contributed by atoms with van der Waals surface area (Å²) < 4.78 is 0. The number of carboxylic acid groups (broad SMARTS) is 1. The van der Waals surface area contributed by atoms with Crippen LogP contribution in [0, 0.1) is 5.92 Å². The van der Waals surface area contributed by atoms with Gasteiger partial charge in [-0.3, -0.25) is 0 Å². The van der Waals surface area contributed by atoms with Gasteiger partial charge in [0, 0.05) is 18.0 Å². The zero-order valence-electron chi connectivity index (χ0n) is 12.2. The number of anilines is 1. The van der Waals surface area contributed by atoms with Crippen molar-refractivity contribution in [3.05, 3.63) is 35.9 Å². The molecule has 0 aliphatic carbocycles. The van der Waals surface area contributed by atoms with Gasteiger partial charge in [0.05, 0.1) is 11.1 Å². The largest absolute Gasteiger partial charge is 0.478 e. The predicted molar refractivity (Wildman–Crippen MR) is 82.7 cm³/mol. The lowest BCUT2D eigenvalue weighted by atomic mass is 10.0. The molecule has 1 aromatic carbocycles. The summed E-state index contributed by atoms with van der Waals surface area (Å²) in [4.78, 5) is 15.9. The van der Waals surface area contributed by atoms with Crippen molar-refractivity contribution in [2.45, 2.75) is 26.3 Å². The fourth-order valence-electron chi connectivity index (χ4n) is 2.33. The number of fused-ring (bicyclic) bond motifs is 1. The number of hydrogen-bond acceptors (Lipinski definition) is 4. The van der Waals surface area contributed by atoms with Crippen LogP contribution in [-0.2, 0) is 0 Å². The lowest BCUT2D eigenvalue weighted by molar-refractivity contribution is 0.0699. The Morgan fingerprint density at radius 3 is 2.67 bits per heavy atom. The molecule has 112 valence electrons. The van der Waals surface area contributed by atoms with E-state index in [0.717, 1.165) is 0 Å². The van der Waals surface area contributed by atoms with Crippen LogP contribution in [0.15, 0.2) is 30.3 Å². The van der Waals surface area contributed by atoms with Crippen LogP contribution >= 0.6 is 0 Å². The molecule has 5 heteroatoms. The maximum Gasteiger partial charge on any atom is 0.336 e. The van der Waals surface area contributed by atoms with E-state index in [4.69, 9.17) is 5.11 Å². The van der Waals surface area contributed by atoms with E-state index in [0.29, 0.717) is 29.1 Å². The smallest absolute Gasteiger partial charge is 0.336 e. The molecule has 0 fully saturated rings. The second-order valence-corrected chi connectivity index (χ2v) is 5.38. The molecule has 0 radical (unpaired) electrons. The normalized spacial score (nSPS) is 12.6. The van der Waals surface area contributed by atoms with Crippen molar-refractivity contribution in [1.82, 2.24) is 4.98 Å². The Bertz CT molecular complexity index is 640. The van der Waals surface area contributed by atoms with E-state index in [-0.39, 0.29) is 18.2 Å². The molecule has 0 saturated carbocycles.